The van der Waals surface area contributed by atoms with Crippen LogP contribution in [0.15, 0.2) is 29.2 Å². The van der Waals surface area contributed by atoms with Gasteiger partial charge >= 0.3 is 0 Å². The van der Waals surface area contributed by atoms with Crippen molar-refractivity contribution in [3.05, 3.63) is 29.8 Å². The van der Waals surface area contributed by atoms with Gasteiger partial charge in [-0.3, -0.25) is 0 Å². The average molecular weight is 295 g/mol. The second kappa shape index (κ2) is 8.00. The topological polar surface area (TPSA) is 73.2 Å². The molecule has 0 saturated heterocycles. The number of benzene rings is 1. The third-order valence-corrected chi connectivity index (χ3v) is 4.32. The van der Waals surface area contributed by atoms with E-state index in [1.54, 1.807) is 12.1 Å². The highest BCUT2D eigenvalue weighted by Gasteiger charge is 2.12. The third kappa shape index (κ3) is 5.70. The molecule has 0 spiro atoms. The second-order valence-corrected chi connectivity index (χ2v) is 6.65. The van der Waals surface area contributed by atoms with E-state index in [0.29, 0.717) is 6.54 Å². The first-order chi connectivity index (χ1) is 9.45. The molecule has 0 fully saturated rings. The van der Waals surface area contributed by atoms with E-state index in [1.807, 2.05) is 20.2 Å². The number of unbranched alkanes of at least 4 members (excludes halogenated alkanes) is 1. The van der Waals surface area contributed by atoms with Gasteiger partial charge in [-0.1, -0.05) is 12.1 Å². The Labute approximate surface area is 121 Å². The van der Waals surface area contributed by atoms with E-state index in [0.717, 1.165) is 24.9 Å². The van der Waals surface area contributed by atoms with Crippen LogP contribution in [-0.2, 0) is 16.4 Å². The number of nitrogens with one attached hydrogen (secondary N) is 1. The van der Waals surface area contributed by atoms with Crippen molar-refractivity contribution in [2.45, 2.75) is 24.2 Å². The van der Waals surface area contributed by atoms with Gasteiger partial charge in [0.15, 0.2) is 0 Å². The zero-order valence-electron chi connectivity index (χ0n) is 12.0. The molecule has 0 aliphatic carbocycles. The average Bonchev–Trinajstić information content (AvgIpc) is 2.39. The summed E-state index contributed by atoms with van der Waals surface area (Å²) in [6.07, 6.45) is 2.05. The highest BCUT2D eigenvalue weighted by atomic mass is 32.2. The van der Waals surface area contributed by atoms with Crippen LogP contribution in [0.2, 0.25) is 0 Å². The van der Waals surface area contributed by atoms with Crippen molar-refractivity contribution in [3.8, 4) is 6.07 Å². The maximum atomic E-state index is 12.0. The van der Waals surface area contributed by atoms with E-state index in [4.69, 9.17) is 5.26 Å². The molecule has 0 saturated carbocycles. The van der Waals surface area contributed by atoms with Crippen LogP contribution in [-0.4, -0.2) is 40.5 Å². The van der Waals surface area contributed by atoms with Gasteiger partial charge in [-0.05, 0) is 51.2 Å². The monoisotopic (exact) mass is 295 g/mol. The van der Waals surface area contributed by atoms with Crippen molar-refractivity contribution < 1.29 is 8.42 Å². The molecule has 5 nitrogen and oxygen atoms in total. The molecule has 0 amide bonds. The molecule has 0 heterocycles. The van der Waals surface area contributed by atoms with Crippen molar-refractivity contribution in [2.24, 2.45) is 0 Å². The van der Waals surface area contributed by atoms with Gasteiger partial charge in [0.05, 0.1) is 17.4 Å². The van der Waals surface area contributed by atoms with Crippen LogP contribution in [0.25, 0.3) is 0 Å². The van der Waals surface area contributed by atoms with Crippen molar-refractivity contribution in [1.29, 1.82) is 5.26 Å². The fourth-order valence-corrected chi connectivity index (χ4v) is 2.79. The summed E-state index contributed by atoms with van der Waals surface area (Å²) in [6, 6.07) is 8.44. The standard InChI is InChI=1S/C14H21N3O2S/c1-17(2)12-4-3-11-16-20(18,19)14-7-5-13(6-8-14)9-10-15/h5-8,16H,3-4,9,11-12H2,1-2H3. The molecule has 1 N–H and O–H groups in total. The minimum Gasteiger partial charge on any atom is -0.309 e. The highest BCUT2D eigenvalue weighted by molar-refractivity contribution is 7.89. The summed E-state index contributed by atoms with van der Waals surface area (Å²) in [5.74, 6) is 0. The molecule has 0 atom stereocenters. The molecule has 0 radical (unpaired) electrons. The lowest BCUT2D eigenvalue weighted by molar-refractivity contribution is 0.394. The van der Waals surface area contributed by atoms with E-state index in [9.17, 15) is 8.42 Å². The Morgan fingerprint density at radius 3 is 2.40 bits per heavy atom. The summed E-state index contributed by atoms with van der Waals surface area (Å²) in [4.78, 5) is 2.31. The lowest BCUT2D eigenvalue weighted by Crippen LogP contribution is -2.25. The molecule has 1 rings (SSSR count). The van der Waals surface area contributed by atoms with Crippen LogP contribution in [0.4, 0.5) is 0 Å². The Morgan fingerprint density at radius 2 is 1.85 bits per heavy atom. The van der Waals surface area contributed by atoms with Gasteiger partial charge in [0.25, 0.3) is 0 Å². The summed E-state index contributed by atoms with van der Waals surface area (Å²) >= 11 is 0. The molecule has 0 unspecified atom stereocenters. The molecule has 1 aromatic carbocycles. The number of hydrogen-bond donors (Lipinski definition) is 1. The van der Waals surface area contributed by atoms with Crippen LogP contribution in [0.5, 0.6) is 0 Å². The van der Waals surface area contributed by atoms with Crippen molar-refractivity contribution >= 4 is 10.0 Å². The Balaban J connectivity index is 2.50. The summed E-state index contributed by atoms with van der Waals surface area (Å²) < 4.78 is 26.6. The van der Waals surface area contributed by atoms with Crippen molar-refractivity contribution in [3.63, 3.8) is 0 Å². The number of hydrogen-bond acceptors (Lipinski definition) is 4. The SMILES string of the molecule is CN(C)CCCCNS(=O)(=O)c1ccc(CC#N)cc1. The van der Waals surface area contributed by atoms with E-state index in [1.165, 1.54) is 12.1 Å². The van der Waals surface area contributed by atoms with Crippen molar-refractivity contribution in [1.82, 2.24) is 9.62 Å². The predicted molar refractivity (Wildman–Crippen MR) is 78.7 cm³/mol. The normalized spacial score (nSPS) is 11.5. The molecule has 0 bridgehead atoms. The first kappa shape index (κ1) is 16.6. The van der Waals surface area contributed by atoms with Crippen LogP contribution in [0.1, 0.15) is 18.4 Å². The van der Waals surface area contributed by atoms with E-state index < -0.39 is 10.0 Å². The summed E-state index contributed by atoms with van der Waals surface area (Å²) in [6.45, 7) is 1.39. The lowest BCUT2D eigenvalue weighted by Gasteiger charge is -2.10. The molecule has 20 heavy (non-hydrogen) atoms. The molecule has 6 heteroatoms. The zero-order chi connectivity index (χ0) is 15.0. The van der Waals surface area contributed by atoms with E-state index in [2.05, 4.69) is 9.62 Å². The van der Waals surface area contributed by atoms with Crippen molar-refractivity contribution in [2.75, 3.05) is 27.2 Å². The second-order valence-electron chi connectivity index (χ2n) is 4.89. The maximum Gasteiger partial charge on any atom is 0.240 e. The van der Waals surface area contributed by atoms with Gasteiger partial charge in [0.1, 0.15) is 0 Å². The van der Waals surface area contributed by atoms with E-state index in [-0.39, 0.29) is 11.3 Å². The molecular formula is C14H21N3O2S. The van der Waals surface area contributed by atoms with Crippen LogP contribution in [0.3, 0.4) is 0 Å². The molecule has 0 aliphatic heterocycles. The Hall–Kier alpha value is -1.42. The summed E-state index contributed by atoms with van der Waals surface area (Å²) in [5, 5.41) is 8.57. The molecule has 0 aliphatic rings. The summed E-state index contributed by atoms with van der Waals surface area (Å²) in [7, 11) is 0.547. The van der Waals surface area contributed by atoms with Gasteiger partial charge in [-0.25, -0.2) is 13.1 Å². The minimum atomic E-state index is -3.44. The summed E-state index contributed by atoms with van der Waals surface area (Å²) in [5.41, 5.74) is 0.817. The van der Waals surface area contributed by atoms with Crippen LogP contribution < -0.4 is 4.72 Å². The Bertz CT molecular complexity index is 545. The van der Waals surface area contributed by atoms with Gasteiger partial charge in [0.2, 0.25) is 10.0 Å². The lowest BCUT2D eigenvalue weighted by atomic mass is 10.2. The number of nitriles is 1. The number of sulfonamides is 1. The highest BCUT2D eigenvalue weighted by Crippen LogP contribution is 2.10. The molecule has 110 valence electrons. The maximum absolute atomic E-state index is 12.0. The Kier molecular flexibility index (Phi) is 6.65. The van der Waals surface area contributed by atoms with Gasteiger partial charge in [-0.15, -0.1) is 0 Å². The first-order valence-corrected chi connectivity index (χ1v) is 8.04. The number of nitrogens with zero attached hydrogens (tertiary/aromatic N) is 2. The van der Waals surface area contributed by atoms with Gasteiger partial charge in [-0.2, -0.15) is 5.26 Å². The third-order valence-electron chi connectivity index (χ3n) is 2.84. The largest absolute Gasteiger partial charge is 0.309 e. The first-order valence-electron chi connectivity index (χ1n) is 6.56. The minimum absolute atomic E-state index is 0.242. The van der Waals surface area contributed by atoms with E-state index >= 15 is 0 Å². The molecular weight excluding hydrogens is 274 g/mol. The predicted octanol–water partition coefficient (Wildman–Crippen LogP) is 1.37. The smallest absolute Gasteiger partial charge is 0.240 e. The Morgan fingerprint density at radius 1 is 1.20 bits per heavy atom. The van der Waals surface area contributed by atoms with Gasteiger partial charge < -0.3 is 4.90 Å². The van der Waals surface area contributed by atoms with Crippen LogP contribution in [0, 0.1) is 11.3 Å². The quantitative estimate of drug-likeness (QED) is 0.735. The fourth-order valence-electron chi connectivity index (χ4n) is 1.72. The molecule has 0 aromatic heterocycles. The van der Waals surface area contributed by atoms with Gasteiger partial charge in [0, 0.05) is 6.54 Å². The molecule has 1 aromatic rings. The van der Waals surface area contributed by atoms with Crippen LogP contribution >= 0.6 is 0 Å². The fraction of sp³-hybridized carbons (Fsp3) is 0.500. The zero-order valence-corrected chi connectivity index (χ0v) is 12.8. The number of rotatable bonds is 8.